The molecule has 3 nitrogen and oxygen atoms in total. The molecule has 1 aromatic carbocycles. The van der Waals surface area contributed by atoms with E-state index in [2.05, 4.69) is 42.2 Å². The average molecular weight is 285 g/mol. The Morgan fingerprint density at radius 3 is 2.58 bits per heavy atom. The molecule has 2 N–H and O–H groups in total. The van der Waals surface area contributed by atoms with E-state index in [4.69, 9.17) is 10.5 Å². The summed E-state index contributed by atoms with van der Waals surface area (Å²) in [6.45, 7) is 5.95. The van der Waals surface area contributed by atoms with Crippen molar-refractivity contribution < 1.29 is 4.74 Å². The molecule has 0 spiro atoms. The van der Waals surface area contributed by atoms with Gasteiger partial charge in [-0.15, -0.1) is 12.4 Å². The Morgan fingerprint density at radius 1 is 1.32 bits per heavy atom. The summed E-state index contributed by atoms with van der Waals surface area (Å²) in [5, 5.41) is 0. The van der Waals surface area contributed by atoms with Crippen LogP contribution in [0.5, 0.6) is 0 Å². The normalized spacial score (nSPS) is 25.0. The van der Waals surface area contributed by atoms with Gasteiger partial charge in [-0.25, -0.2) is 0 Å². The first-order chi connectivity index (χ1) is 8.76. The molecule has 0 bridgehead atoms. The Hall–Kier alpha value is -0.610. The number of halogens is 1. The van der Waals surface area contributed by atoms with Crippen LogP contribution in [0.3, 0.4) is 0 Å². The highest BCUT2D eigenvalue weighted by molar-refractivity contribution is 5.85. The summed E-state index contributed by atoms with van der Waals surface area (Å²) >= 11 is 0. The number of nitrogens with zero attached hydrogens (tertiary/aromatic N) is 1. The highest BCUT2D eigenvalue weighted by Gasteiger charge is 2.34. The molecule has 2 rings (SSSR count). The lowest BCUT2D eigenvalue weighted by Crippen LogP contribution is -2.35. The third-order valence-corrected chi connectivity index (χ3v) is 4.03. The highest BCUT2D eigenvalue weighted by atomic mass is 35.5. The largest absolute Gasteiger partial charge is 0.383 e. The molecule has 1 fully saturated rings. The molecule has 19 heavy (non-hydrogen) atoms. The number of methoxy groups -OCH3 is 1. The van der Waals surface area contributed by atoms with Gasteiger partial charge >= 0.3 is 0 Å². The Morgan fingerprint density at radius 2 is 2.00 bits per heavy atom. The third-order valence-electron chi connectivity index (χ3n) is 4.03. The van der Waals surface area contributed by atoms with E-state index in [-0.39, 0.29) is 12.4 Å². The Kier molecular flexibility index (Phi) is 6.80. The van der Waals surface area contributed by atoms with E-state index in [1.165, 1.54) is 5.56 Å². The van der Waals surface area contributed by atoms with Gasteiger partial charge < -0.3 is 10.5 Å². The maximum absolute atomic E-state index is 5.94. The van der Waals surface area contributed by atoms with Crippen LogP contribution in [0.1, 0.15) is 18.4 Å². The van der Waals surface area contributed by atoms with Crippen LogP contribution in [0.25, 0.3) is 0 Å². The quantitative estimate of drug-likeness (QED) is 0.900. The van der Waals surface area contributed by atoms with Gasteiger partial charge in [0.05, 0.1) is 6.61 Å². The van der Waals surface area contributed by atoms with Crippen molar-refractivity contribution in [3.63, 3.8) is 0 Å². The number of rotatable bonds is 5. The lowest BCUT2D eigenvalue weighted by atomic mass is 9.89. The minimum atomic E-state index is 0. The van der Waals surface area contributed by atoms with Crippen molar-refractivity contribution in [2.24, 2.45) is 11.7 Å². The number of ether oxygens (including phenoxy) is 1. The van der Waals surface area contributed by atoms with Crippen LogP contribution in [0.4, 0.5) is 0 Å². The van der Waals surface area contributed by atoms with Crippen molar-refractivity contribution in [1.82, 2.24) is 4.90 Å². The van der Waals surface area contributed by atoms with Crippen LogP contribution in [-0.2, 0) is 4.74 Å². The molecule has 1 aliphatic rings. The molecular weight excluding hydrogens is 260 g/mol. The van der Waals surface area contributed by atoms with Crippen molar-refractivity contribution in [1.29, 1.82) is 0 Å². The Bertz CT molecular complexity index is 360. The van der Waals surface area contributed by atoms with E-state index >= 15 is 0 Å². The standard InChI is InChI=1S/C15H24N2O.ClH/c1-12(11-18-2)17-9-14(8-16)15(10-17)13-6-4-3-5-7-13;/h3-7,12,14-15H,8-11,16H2,1-2H3;1H/t12?,14-,15+;/m1./s1. The summed E-state index contributed by atoms with van der Waals surface area (Å²) in [6, 6.07) is 11.2. The van der Waals surface area contributed by atoms with Gasteiger partial charge in [0.25, 0.3) is 0 Å². The molecule has 1 unspecified atom stereocenters. The molecule has 4 heteroatoms. The number of benzene rings is 1. The fraction of sp³-hybridized carbons (Fsp3) is 0.600. The van der Waals surface area contributed by atoms with Gasteiger partial charge in [0.15, 0.2) is 0 Å². The second kappa shape index (κ2) is 7.85. The smallest absolute Gasteiger partial charge is 0.0615 e. The van der Waals surface area contributed by atoms with Crippen molar-refractivity contribution in [3.05, 3.63) is 35.9 Å². The lowest BCUT2D eigenvalue weighted by Gasteiger charge is -2.23. The van der Waals surface area contributed by atoms with Gasteiger partial charge in [-0.2, -0.15) is 0 Å². The van der Waals surface area contributed by atoms with Crippen molar-refractivity contribution >= 4 is 12.4 Å². The van der Waals surface area contributed by atoms with E-state index < -0.39 is 0 Å². The predicted octanol–water partition coefficient (Wildman–Crippen LogP) is 2.12. The van der Waals surface area contributed by atoms with E-state index in [1.54, 1.807) is 7.11 Å². The Balaban J connectivity index is 0.00000180. The summed E-state index contributed by atoms with van der Waals surface area (Å²) in [5.74, 6) is 1.13. The van der Waals surface area contributed by atoms with Crippen LogP contribution < -0.4 is 5.73 Å². The second-order valence-corrected chi connectivity index (χ2v) is 5.27. The number of hydrogen-bond donors (Lipinski definition) is 1. The second-order valence-electron chi connectivity index (χ2n) is 5.27. The highest BCUT2D eigenvalue weighted by Crippen LogP contribution is 2.32. The predicted molar refractivity (Wildman–Crippen MR) is 81.9 cm³/mol. The zero-order valence-electron chi connectivity index (χ0n) is 11.8. The Labute approximate surface area is 122 Å². The maximum atomic E-state index is 5.94. The zero-order valence-corrected chi connectivity index (χ0v) is 12.6. The van der Waals surface area contributed by atoms with Crippen LogP contribution in [0, 0.1) is 5.92 Å². The van der Waals surface area contributed by atoms with Crippen LogP contribution >= 0.6 is 12.4 Å². The fourth-order valence-corrected chi connectivity index (χ4v) is 2.93. The molecule has 1 heterocycles. The summed E-state index contributed by atoms with van der Waals surface area (Å²) in [5.41, 5.74) is 7.36. The molecule has 1 aliphatic heterocycles. The number of hydrogen-bond acceptors (Lipinski definition) is 3. The van der Waals surface area contributed by atoms with Crippen LogP contribution in [0.2, 0.25) is 0 Å². The van der Waals surface area contributed by atoms with Crippen molar-refractivity contribution in [2.45, 2.75) is 18.9 Å². The molecule has 1 saturated heterocycles. The van der Waals surface area contributed by atoms with Gasteiger partial charge in [0, 0.05) is 32.2 Å². The summed E-state index contributed by atoms with van der Waals surface area (Å²) in [6.07, 6.45) is 0. The summed E-state index contributed by atoms with van der Waals surface area (Å²) in [7, 11) is 1.77. The molecule has 0 aromatic heterocycles. The van der Waals surface area contributed by atoms with E-state index in [0.717, 1.165) is 26.2 Å². The lowest BCUT2D eigenvalue weighted by molar-refractivity contribution is 0.112. The van der Waals surface area contributed by atoms with E-state index in [0.29, 0.717) is 17.9 Å². The average Bonchev–Trinajstić information content (AvgIpc) is 2.84. The van der Waals surface area contributed by atoms with Gasteiger partial charge in [0.1, 0.15) is 0 Å². The molecule has 0 amide bonds. The maximum Gasteiger partial charge on any atom is 0.0615 e. The van der Waals surface area contributed by atoms with E-state index in [9.17, 15) is 0 Å². The van der Waals surface area contributed by atoms with Gasteiger partial charge in [0.2, 0.25) is 0 Å². The SMILES string of the molecule is COCC(C)N1C[C@@H](CN)[C@H](c2ccccc2)C1.Cl. The topological polar surface area (TPSA) is 38.5 Å². The fourth-order valence-electron chi connectivity index (χ4n) is 2.93. The zero-order chi connectivity index (χ0) is 13.0. The first-order valence-corrected chi connectivity index (χ1v) is 6.74. The van der Waals surface area contributed by atoms with E-state index in [1.807, 2.05) is 0 Å². The molecule has 1 aromatic rings. The first-order valence-electron chi connectivity index (χ1n) is 6.74. The molecule has 0 saturated carbocycles. The van der Waals surface area contributed by atoms with Gasteiger partial charge in [-0.3, -0.25) is 4.90 Å². The minimum absolute atomic E-state index is 0. The monoisotopic (exact) mass is 284 g/mol. The van der Waals surface area contributed by atoms with Crippen molar-refractivity contribution in [3.8, 4) is 0 Å². The molecular formula is C15H25ClN2O. The first kappa shape index (κ1) is 16.4. The molecule has 3 atom stereocenters. The molecule has 108 valence electrons. The number of likely N-dealkylation sites (tertiary alicyclic amines) is 1. The molecule has 0 aliphatic carbocycles. The summed E-state index contributed by atoms with van der Waals surface area (Å²) in [4.78, 5) is 2.50. The van der Waals surface area contributed by atoms with Crippen LogP contribution in [0.15, 0.2) is 30.3 Å². The van der Waals surface area contributed by atoms with Crippen molar-refractivity contribution in [2.75, 3.05) is 33.4 Å². The third kappa shape index (κ3) is 3.93. The summed E-state index contributed by atoms with van der Waals surface area (Å²) < 4.78 is 5.25. The number of nitrogens with two attached hydrogens (primary N) is 1. The minimum Gasteiger partial charge on any atom is -0.383 e. The van der Waals surface area contributed by atoms with Gasteiger partial charge in [-0.1, -0.05) is 30.3 Å². The van der Waals surface area contributed by atoms with Crippen LogP contribution in [-0.4, -0.2) is 44.3 Å². The van der Waals surface area contributed by atoms with Gasteiger partial charge in [-0.05, 0) is 24.9 Å². The molecule has 0 radical (unpaired) electrons.